The number of hydrogen-bond acceptors (Lipinski definition) is 6. The Morgan fingerprint density at radius 3 is 2.50 bits per heavy atom. The lowest BCUT2D eigenvalue weighted by Crippen LogP contribution is -2.30. The average molecular weight is 576 g/mol. The molecule has 11 heteroatoms. The maximum atomic E-state index is 12.0. The number of nitrogens with one attached hydrogen (secondary N) is 2. The lowest BCUT2D eigenvalue weighted by Gasteiger charge is -2.29. The minimum absolute atomic E-state index is 0.0797. The van der Waals surface area contributed by atoms with E-state index in [9.17, 15) is 9.59 Å². The molecular weight excluding hydrogens is 550 g/mol. The van der Waals surface area contributed by atoms with Crippen LogP contribution in [0.15, 0.2) is 85.2 Å². The molecular formula is C29H26ClN5O4S. The summed E-state index contributed by atoms with van der Waals surface area (Å²) in [6.45, 7) is -0.0797. The molecule has 2 aromatic heterocycles. The summed E-state index contributed by atoms with van der Waals surface area (Å²) in [7, 11) is 2.81. The molecule has 0 aliphatic carbocycles. The maximum Gasteiger partial charge on any atom is 0.337 e. The third-order valence-corrected chi connectivity index (χ3v) is 7.16. The van der Waals surface area contributed by atoms with E-state index in [4.69, 9.17) is 33.3 Å². The van der Waals surface area contributed by atoms with Gasteiger partial charge in [-0.05, 0) is 78.9 Å². The van der Waals surface area contributed by atoms with Crippen LogP contribution in [-0.4, -0.2) is 47.4 Å². The fraction of sp³-hybridized carbons (Fsp3) is 0.172. The van der Waals surface area contributed by atoms with Crippen LogP contribution < -0.4 is 15.5 Å². The lowest BCUT2D eigenvalue weighted by atomic mass is 10.0. The van der Waals surface area contributed by atoms with Gasteiger partial charge in [-0.1, -0.05) is 17.7 Å². The second-order valence-corrected chi connectivity index (χ2v) is 9.78. The van der Waals surface area contributed by atoms with Crippen molar-refractivity contribution < 1.29 is 19.1 Å². The molecule has 0 bridgehead atoms. The van der Waals surface area contributed by atoms with Crippen molar-refractivity contribution >= 4 is 52.2 Å². The fourth-order valence-electron chi connectivity index (χ4n) is 4.75. The largest absolute Gasteiger partial charge is 0.465 e. The molecule has 2 aromatic carbocycles. The first-order chi connectivity index (χ1) is 19.4. The van der Waals surface area contributed by atoms with Crippen LogP contribution in [0.25, 0.3) is 5.69 Å². The second-order valence-electron chi connectivity index (χ2n) is 8.98. The number of pyridine rings is 1. The second kappa shape index (κ2) is 11.9. The van der Waals surface area contributed by atoms with E-state index in [0.29, 0.717) is 21.4 Å². The number of anilines is 2. The van der Waals surface area contributed by atoms with Gasteiger partial charge in [0.05, 0.1) is 35.1 Å². The highest BCUT2D eigenvalue weighted by Gasteiger charge is 2.42. The van der Waals surface area contributed by atoms with Crippen LogP contribution in [0.1, 0.15) is 33.8 Å². The van der Waals surface area contributed by atoms with Gasteiger partial charge in [0, 0.05) is 36.6 Å². The van der Waals surface area contributed by atoms with E-state index in [1.807, 2.05) is 64.2 Å². The van der Waals surface area contributed by atoms with Gasteiger partial charge in [-0.3, -0.25) is 9.78 Å². The molecule has 1 fully saturated rings. The van der Waals surface area contributed by atoms with Crippen molar-refractivity contribution in [2.45, 2.75) is 12.1 Å². The number of carbonyl (C=O) groups is 2. The number of carbonyl (C=O) groups excluding carboxylic acids is 2. The van der Waals surface area contributed by atoms with Crippen molar-refractivity contribution in [1.82, 2.24) is 14.9 Å². The summed E-state index contributed by atoms with van der Waals surface area (Å²) in [5.74, 6) is -0.704. The molecule has 5 rings (SSSR count). The molecule has 204 valence electrons. The third kappa shape index (κ3) is 5.42. The average Bonchev–Trinajstić information content (AvgIpc) is 3.58. The Bertz CT molecular complexity index is 1540. The summed E-state index contributed by atoms with van der Waals surface area (Å²) in [4.78, 5) is 30.6. The highest BCUT2D eigenvalue weighted by molar-refractivity contribution is 7.80. The molecule has 1 amide bonds. The summed E-state index contributed by atoms with van der Waals surface area (Å²) in [6, 6.07) is 21.7. The zero-order valence-electron chi connectivity index (χ0n) is 21.7. The van der Waals surface area contributed by atoms with Gasteiger partial charge in [0.15, 0.2) is 5.11 Å². The quantitative estimate of drug-likeness (QED) is 0.222. The van der Waals surface area contributed by atoms with Crippen LogP contribution in [0.3, 0.4) is 0 Å². The topological polar surface area (TPSA) is 97.7 Å². The molecule has 3 heterocycles. The minimum atomic E-state index is -0.398. The number of nitrogens with zero attached hydrogens (tertiary/aromatic N) is 3. The Hall–Kier alpha value is -4.25. The van der Waals surface area contributed by atoms with Crippen molar-refractivity contribution in [3.05, 3.63) is 107 Å². The zero-order chi connectivity index (χ0) is 28.2. The number of esters is 1. The van der Waals surface area contributed by atoms with E-state index in [2.05, 4.69) is 15.6 Å². The Morgan fingerprint density at radius 2 is 1.82 bits per heavy atom. The number of benzene rings is 2. The van der Waals surface area contributed by atoms with Crippen molar-refractivity contribution in [3.8, 4) is 5.69 Å². The molecule has 0 radical (unpaired) electrons. The highest BCUT2D eigenvalue weighted by Crippen LogP contribution is 2.43. The van der Waals surface area contributed by atoms with E-state index >= 15 is 0 Å². The number of thiocarbonyl (C=S) groups is 1. The van der Waals surface area contributed by atoms with Gasteiger partial charge in [-0.15, -0.1) is 0 Å². The normalized spacial score (nSPS) is 16.5. The predicted octanol–water partition coefficient (Wildman–Crippen LogP) is 5.07. The molecule has 0 saturated carbocycles. The van der Waals surface area contributed by atoms with Crippen LogP contribution in [-0.2, 0) is 14.3 Å². The van der Waals surface area contributed by atoms with Crippen molar-refractivity contribution in [1.29, 1.82) is 0 Å². The molecule has 9 nitrogen and oxygen atoms in total. The van der Waals surface area contributed by atoms with Crippen molar-refractivity contribution in [2.75, 3.05) is 31.0 Å². The zero-order valence-corrected chi connectivity index (χ0v) is 23.3. The van der Waals surface area contributed by atoms with Crippen LogP contribution >= 0.6 is 23.8 Å². The highest BCUT2D eigenvalue weighted by atomic mass is 35.5. The summed E-state index contributed by atoms with van der Waals surface area (Å²) in [5.41, 5.74) is 4.29. The molecule has 1 aliphatic rings. The van der Waals surface area contributed by atoms with Crippen LogP contribution in [0.5, 0.6) is 0 Å². The molecule has 0 spiro atoms. The van der Waals surface area contributed by atoms with Gasteiger partial charge in [-0.25, -0.2) is 4.79 Å². The van der Waals surface area contributed by atoms with Gasteiger partial charge < -0.3 is 29.6 Å². The number of methoxy groups -OCH3 is 2. The first-order valence-electron chi connectivity index (χ1n) is 12.4. The Balaban J connectivity index is 1.57. The number of aromatic nitrogens is 2. The van der Waals surface area contributed by atoms with Crippen molar-refractivity contribution in [3.63, 3.8) is 0 Å². The summed E-state index contributed by atoms with van der Waals surface area (Å²) < 4.78 is 11.8. The Labute approximate surface area is 241 Å². The van der Waals surface area contributed by atoms with Gasteiger partial charge in [0.25, 0.3) is 0 Å². The van der Waals surface area contributed by atoms with E-state index < -0.39 is 5.97 Å². The van der Waals surface area contributed by atoms with E-state index in [0.717, 1.165) is 22.8 Å². The number of ether oxygens (including phenoxy) is 2. The Kier molecular flexibility index (Phi) is 8.11. The molecule has 0 unspecified atom stereocenters. The summed E-state index contributed by atoms with van der Waals surface area (Å²) in [6.07, 6.45) is 3.71. The van der Waals surface area contributed by atoms with Gasteiger partial charge in [0.1, 0.15) is 12.6 Å². The molecule has 2 N–H and O–H groups in total. The molecule has 4 aromatic rings. The van der Waals surface area contributed by atoms with E-state index in [1.165, 1.54) is 14.2 Å². The van der Waals surface area contributed by atoms with Crippen LogP contribution in [0.4, 0.5) is 11.4 Å². The standard InChI is InChI=1S/C29H26ClN5O4S/c1-38-17-25(36)32-22-13-12-20(16-21(22)30)35-27(26(33-29(35)40)23-6-3-4-14-31-23)24-7-5-15-34(24)19-10-8-18(9-11-19)28(37)39-2/h3-16,26-27H,17H2,1-2H3,(H,32,36)(H,33,40)/t26-,27-/m0/s1. The van der Waals surface area contributed by atoms with Crippen LogP contribution in [0, 0.1) is 0 Å². The Morgan fingerprint density at radius 1 is 1.05 bits per heavy atom. The van der Waals surface area contributed by atoms with Crippen LogP contribution in [0.2, 0.25) is 5.02 Å². The van der Waals surface area contributed by atoms with E-state index in [1.54, 1.807) is 30.5 Å². The SMILES string of the molecule is COCC(=O)Nc1ccc(N2C(=S)N[C@@H](c3ccccn3)[C@@H]2c2cccn2-c2ccc(C(=O)OC)cc2)cc1Cl. The number of hydrogen-bond donors (Lipinski definition) is 2. The summed E-state index contributed by atoms with van der Waals surface area (Å²) >= 11 is 12.5. The third-order valence-electron chi connectivity index (χ3n) is 6.53. The van der Waals surface area contributed by atoms with Gasteiger partial charge in [-0.2, -0.15) is 0 Å². The number of rotatable bonds is 8. The molecule has 1 saturated heterocycles. The maximum absolute atomic E-state index is 12.0. The minimum Gasteiger partial charge on any atom is -0.465 e. The monoisotopic (exact) mass is 575 g/mol. The first-order valence-corrected chi connectivity index (χ1v) is 13.1. The predicted molar refractivity (Wildman–Crippen MR) is 157 cm³/mol. The smallest absolute Gasteiger partial charge is 0.337 e. The lowest BCUT2D eigenvalue weighted by molar-refractivity contribution is -0.119. The van der Waals surface area contributed by atoms with E-state index in [-0.39, 0.29) is 24.6 Å². The number of amides is 1. The van der Waals surface area contributed by atoms with Gasteiger partial charge >= 0.3 is 5.97 Å². The van der Waals surface area contributed by atoms with Crippen molar-refractivity contribution in [2.24, 2.45) is 0 Å². The number of halogens is 1. The molecule has 1 aliphatic heterocycles. The summed E-state index contributed by atoms with van der Waals surface area (Å²) in [5, 5.41) is 7.05. The first kappa shape index (κ1) is 27.3. The molecule has 40 heavy (non-hydrogen) atoms. The fourth-order valence-corrected chi connectivity index (χ4v) is 5.32. The molecule has 2 atom stereocenters. The van der Waals surface area contributed by atoms with Gasteiger partial charge in [0.2, 0.25) is 5.91 Å².